The molecule has 0 radical (unpaired) electrons. The number of alkyl carbamates (subject to hydrolysis) is 1. The average Bonchev–Trinajstić information content (AvgIpc) is 3.82. The number of carbonyl (C=O) groups is 4. The number of amides is 3. The maximum Gasteiger partial charge on any atom is 0.407 e. The van der Waals surface area contributed by atoms with Crippen LogP contribution in [0, 0.1) is 5.92 Å². The van der Waals surface area contributed by atoms with Gasteiger partial charge in [-0.1, -0.05) is 73.5 Å². The SMILES string of the molecule is O=C(C[C@H]1CC=CCC[C@H](NC(=O)OCC2c3ccccc3-c3ccccc32)C(=O)OC[C@@H]2CCCN2C1=O)NC1(CO)CCCC1. The van der Waals surface area contributed by atoms with Gasteiger partial charge in [-0.3, -0.25) is 9.59 Å². The van der Waals surface area contributed by atoms with E-state index >= 15 is 0 Å². The van der Waals surface area contributed by atoms with Gasteiger partial charge in [-0.15, -0.1) is 0 Å². The van der Waals surface area contributed by atoms with E-state index in [0.29, 0.717) is 32.2 Å². The molecule has 2 aromatic carbocycles. The van der Waals surface area contributed by atoms with Gasteiger partial charge in [0.25, 0.3) is 0 Å². The number of nitrogens with zero attached hydrogens (tertiary/aromatic N) is 1. The first kappa shape index (κ1) is 32.7. The van der Waals surface area contributed by atoms with Crippen molar-refractivity contribution in [1.82, 2.24) is 15.5 Å². The highest BCUT2D eigenvalue weighted by Crippen LogP contribution is 2.44. The first-order chi connectivity index (χ1) is 22.9. The lowest BCUT2D eigenvalue weighted by atomic mass is 9.95. The topological polar surface area (TPSA) is 134 Å². The molecule has 6 rings (SSSR count). The van der Waals surface area contributed by atoms with Crippen molar-refractivity contribution in [3.63, 3.8) is 0 Å². The Kier molecular flexibility index (Phi) is 10.3. The molecule has 3 amide bonds. The molecule has 1 saturated heterocycles. The van der Waals surface area contributed by atoms with E-state index in [2.05, 4.69) is 34.9 Å². The number of allylic oxidation sites excluding steroid dienone is 2. The standard InChI is InChI=1S/C37H45N3O7/c41-24-37(18-8-9-19-37)39-33(42)21-25-11-2-1-3-17-32(35(44)46-22-26-12-10-20-40(26)34(25)43)38-36(45)47-23-31-29-15-6-4-13-27(29)28-14-5-7-16-30(28)31/h1-2,4-7,13-16,25-26,31-32,41H,3,8-12,17-24H2,(H,38,45)(H,39,42)/t25-,26+,32+/m1/s1. The number of rotatable bonds is 7. The minimum absolute atomic E-state index is 0.0212. The van der Waals surface area contributed by atoms with Crippen molar-refractivity contribution in [3.05, 3.63) is 71.8 Å². The third kappa shape index (κ3) is 7.38. The Morgan fingerprint density at radius 1 is 0.957 bits per heavy atom. The molecule has 10 nitrogen and oxygen atoms in total. The van der Waals surface area contributed by atoms with Gasteiger partial charge in [-0.25, -0.2) is 9.59 Å². The molecule has 2 aromatic rings. The molecule has 0 spiro atoms. The molecular weight excluding hydrogens is 598 g/mol. The Hall–Kier alpha value is -4.18. The molecule has 0 unspecified atom stereocenters. The fraction of sp³-hybridized carbons (Fsp3) is 0.514. The van der Waals surface area contributed by atoms with Crippen LogP contribution in [0.4, 0.5) is 4.79 Å². The highest BCUT2D eigenvalue weighted by Gasteiger charge is 2.38. The van der Waals surface area contributed by atoms with Crippen LogP contribution in [0.5, 0.6) is 0 Å². The van der Waals surface area contributed by atoms with Crippen LogP contribution in [-0.4, -0.2) is 77.9 Å². The van der Waals surface area contributed by atoms with E-state index in [1.165, 1.54) is 0 Å². The predicted molar refractivity (Wildman–Crippen MR) is 175 cm³/mol. The van der Waals surface area contributed by atoms with Crippen LogP contribution in [0.1, 0.15) is 81.3 Å². The summed E-state index contributed by atoms with van der Waals surface area (Å²) in [4.78, 5) is 54.9. The molecule has 2 heterocycles. The summed E-state index contributed by atoms with van der Waals surface area (Å²) in [5.74, 6) is -1.58. The van der Waals surface area contributed by atoms with E-state index in [-0.39, 0.29) is 50.0 Å². The third-order valence-corrected chi connectivity index (χ3v) is 10.3. The van der Waals surface area contributed by atoms with Gasteiger partial charge < -0.3 is 30.1 Å². The largest absolute Gasteiger partial charge is 0.462 e. The van der Waals surface area contributed by atoms with Gasteiger partial charge in [0.2, 0.25) is 11.8 Å². The fourth-order valence-electron chi connectivity index (χ4n) is 7.70. The molecule has 3 N–H and O–H groups in total. The lowest BCUT2D eigenvalue weighted by molar-refractivity contribution is -0.150. The zero-order valence-electron chi connectivity index (χ0n) is 26.8. The number of hydrogen-bond acceptors (Lipinski definition) is 7. The lowest BCUT2D eigenvalue weighted by Gasteiger charge is -2.31. The fourth-order valence-corrected chi connectivity index (χ4v) is 7.70. The van der Waals surface area contributed by atoms with Gasteiger partial charge in [0.15, 0.2) is 0 Å². The summed E-state index contributed by atoms with van der Waals surface area (Å²) in [5.41, 5.74) is 3.87. The van der Waals surface area contributed by atoms with Gasteiger partial charge in [-0.05, 0) is 67.2 Å². The number of aliphatic hydroxyl groups excluding tert-OH is 1. The maximum absolute atomic E-state index is 13.7. The molecule has 0 bridgehead atoms. The molecule has 1 saturated carbocycles. The van der Waals surface area contributed by atoms with Crippen LogP contribution in [0.2, 0.25) is 0 Å². The zero-order chi connectivity index (χ0) is 32.8. The Morgan fingerprint density at radius 3 is 2.36 bits per heavy atom. The van der Waals surface area contributed by atoms with E-state index in [9.17, 15) is 24.3 Å². The van der Waals surface area contributed by atoms with Crippen LogP contribution in [0.3, 0.4) is 0 Å². The van der Waals surface area contributed by atoms with Gasteiger partial charge in [0.1, 0.15) is 19.3 Å². The summed E-state index contributed by atoms with van der Waals surface area (Å²) in [6.45, 7) is 0.579. The van der Waals surface area contributed by atoms with Crippen molar-refractivity contribution in [1.29, 1.82) is 0 Å². The molecule has 4 aliphatic rings. The summed E-state index contributed by atoms with van der Waals surface area (Å²) in [5, 5.41) is 15.7. The normalized spacial score (nSPS) is 24.2. The van der Waals surface area contributed by atoms with Crippen LogP contribution in [0.15, 0.2) is 60.7 Å². The van der Waals surface area contributed by atoms with E-state index in [1.807, 2.05) is 36.4 Å². The minimum atomic E-state index is -0.913. The number of fused-ring (bicyclic) bond motifs is 4. The quantitative estimate of drug-likeness (QED) is 0.297. The number of hydrogen-bond donors (Lipinski definition) is 3. The smallest absolute Gasteiger partial charge is 0.407 e. The monoisotopic (exact) mass is 643 g/mol. The molecular formula is C37H45N3O7. The number of esters is 1. The summed E-state index contributed by atoms with van der Waals surface area (Å²) >= 11 is 0. The minimum Gasteiger partial charge on any atom is -0.462 e. The van der Waals surface area contributed by atoms with Crippen molar-refractivity contribution >= 4 is 23.9 Å². The first-order valence-corrected chi connectivity index (χ1v) is 17.0. The summed E-state index contributed by atoms with van der Waals surface area (Å²) < 4.78 is 11.4. The van der Waals surface area contributed by atoms with Crippen LogP contribution in [-0.2, 0) is 23.9 Å². The molecule has 250 valence electrons. The lowest BCUT2D eigenvalue weighted by Crippen LogP contribution is -2.50. The molecule has 3 atom stereocenters. The zero-order valence-corrected chi connectivity index (χ0v) is 26.8. The van der Waals surface area contributed by atoms with Crippen LogP contribution in [0.25, 0.3) is 11.1 Å². The maximum atomic E-state index is 13.7. The van der Waals surface area contributed by atoms with E-state index in [4.69, 9.17) is 9.47 Å². The van der Waals surface area contributed by atoms with E-state index < -0.39 is 29.6 Å². The Labute approximate surface area is 275 Å². The number of ether oxygens (including phenoxy) is 2. The summed E-state index contributed by atoms with van der Waals surface area (Å²) in [7, 11) is 0. The van der Waals surface area contributed by atoms with Crippen LogP contribution < -0.4 is 10.6 Å². The van der Waals surface area contributed by atoms with E-state index in [1.54, 1.807) is 4.90 Å². The number of carbonyl (C=O) groups excluding carboxylic acids is 4. The predicted octanol–water partition coefficient (Wildman–Crippen LogP) is 4.60. The highest BCUT2D eigenvalue weighted by atomic mass is 16.6. The molecule has 47 heavy (non-hydrogen) atoms. The Bertz CT molecular complexity index is 1450. The molecule has 2 aliphatic carbocycles. The van der Waals surface area contributed by atoms with Crippen molar-refractivity contribution < 1.29 is 33.8 Å². The van der Waals surface area contributed by atoms with Gasteiger partial charge in [0, 0.05) is 18.9 Å². The van der Waals surface area contributed by atoms with Crippen molar-refractivity contribution in [2.24, 2.45) is 5.92 Å². The van der Waals surface area contributed by atoms with Crippen molar-refractivity contribution in [2.45, 2.75) is 87.7 Å². The first-order valence-electron chi connectivity index (χ1n) is 17.0. The summed E-state index contributed by atoms with van der Waals surface area (Å²) in [6.07, 6.45) is 9.07. The van der Waals surface area contributed by atoms with Gasteiger partial charge in [0.05, 0.1) is 24.1 Å². The Balaban J connectivity index is 1.09. The second-order valence-electron chi connectivity index (χ2n) is 13.4. The highest BCUT2D eigenvalue weighted by molar-refractivity contribution is 5.87. The Morgan fingerprint density at radius 2 is 1.66 bits per heavy atom. The van der Waals surface area contributed by atoms with Gasteiger partial charge >= 0.3 is 12.1 Å². The number of aliphatic hydroxyl groups is 1. The second kappa shape index (κ2) is 14.7. The molecule has 10 heteroatoms. The number of cyclic esters (lactones) is 1. The van der Waals surface area contributed by atoms with Gasteiger partial charge in [-0.2, -0.15) is 0 Å². The third-order valence-electron chi connectivity index (χ3n) is 10.3. The van der Waals surface area contributed by atoms with Crippen molar-refractivity contribution in [3.8, 4) is 11.1 Å². The molecule has 2 aliphatic heterocycles. The average molecular weight is 644 g/mol. The number of benzene rings is 2. The van der Waals surface area contributed by atoms with Crippen molar-refractivity contribution in [2.75, 3.05) is 26.4 Å². The molecule has 0 aromatic heterocycles. The van der Waals surface area contributed by atoms with Crippen LogP contribution >= 0.6 is 0 Å². The summed E-state index contributed by atoms with van der Waals surface area (Å²) in [6, 6.07) is 15.0. The molecule has 2 fully saturated rings. The van der Waals surface area contributed by atoms with E-state index in [0.717, 1.165) is 54.4 Å². The second-order valence-corrected chi connectivity index (χ2v) is 13.4. The number of nitrogens with one attached hydrogen (secondary N) is 2.